The minimum Gasteiger partial charge on any atom is -0.352 e. The smallest absolute Gasteiger partial charge is 0.251 e. The minimum atomic E-state index is 0.0726. The van der Waals surface area contributed by atoms with Crippen LogP contribution < -0.4 is 10.6 Å². The fraction of sp³-hybridized carbons (Fsp3) is 0.533. The first kappa shape index (κ1) is 13.1. The van der Waals surface area contributed by atoms with Gasteiger partial charge in [-0.1, -0.05) is 31.9 Å². The van der Waals surface area contributed by atoms with Crippen LogP contribution in [0.25, 0.3) is 0 Å². The average molecular weight is 246 g/mol. The summed E-state index contributed by atoms with van der Waals surface area (Å²) >= 11 is 0. The number of amides is 1. The molecule has 18 heavy (non-hydrogen) atoms. The summed E-state index contributed by atoms with van der Waals surface area (Å²) in [6.45, 7) is 2.96. The lowest BCUT2D eigenvalue weighted by Crippen LogP contribution is -2.32. The van der Waals surface area contributed by atoms with Gasteiger partial charge in [-0.25, -0.2) is 0 Å². The Morgan fingerprint density at radius 1 is 1.44 bits per heavy atom. The van der Waals surface area contributed by atoms with E-state index >= 15 is 0 Å². The summed E-state index contributed by atoms with van der Waals surface area (Å²) in [6, 6.07) is 6.68. The third-order valence-corrected chi connectivity index (χ3v) is 3.66. The number of hydrogen-bond acceptors (Lipinski definition) is 2. The summed E-state index contributed by atoms with van der Waals surface area (Å²) in [5, 5.41) is 6.25. The summed E-state index contributed by atoms with van der Waals surface area (Å²) in [5.41, 5.74) is 3.25. The first-order valence-corrected chi connectivity index (χ1v) is 6.84. The van der Waals surface area contributed by atoms with Gasteiger partial charge < -0.3 is 10.6 Å². The highest BCUT2D eigenvalue weighted by Gasteiger charge is 2.18. The highest BCUT2D eigenvalue weighted by atomic mass is 16.1. The van der Waals surface area contributed by atoms with Crippen LogP contribution in [0.5, 0.6) is 0 Å². The quantitative estimate of drug-likeness (QED) is 0.837. The average Bonchev–Trinajstić information content (AvgIpc) is 2.40. The second-order valence-corrected chi connectivity index (χ2v) is 4.91. The molecule has 2 N–H and O–H groups in total. The zero-order valence-corrected chi connectivity index (χ0v) is 11.3. The molecule has 0 bridgehead atoms. The van der Waals surface area contributed by atoms with E-state index in [-0.39, 0.29) is 5.91 Å². The van der Waals surface area contributed by atoms with E-state index in [1.54, 1.807) is 0 Å². The van der Waals surface area contributed by atoms with E-state index in [9.17, 15) is 4.79 Å². The van der Waals surface area contributed by atoms with Crippen molar-refractivity contribution in [3.63, 3.8) is 0 Å². The van der Waals surface area contributed by atoms with Gasteiger partial charge in [0.05, 0.1) is 0 Å². The molecule has 3 heteroatoms. The van der Waals surface area contributed by atoms with E-state index < -0.39 is 0 Å². The maximum Gasteiger partial charge on any atom is 0.251 e. The molecule has 1 aliphatic rings. The zero-order chi connectivity index (χ0) is 13.0. The van der Waals surface area contributed by atoms with Gasteiger partial charge in [0.25, 0.3) is 5.91 Å². The molecule has 1 aromatic rings. The van der Waals surface area contributed by atoms with Crippen molar-refractivity contribution in [2.75, 3.05) is 13.6 Å². The molecule has 1 aromatic carbocycles. The molecule has 2 rings (SSSR count). The van der Waals surface area contributed by atoms with Gasteiger partial charge >= 0.3 is 0 Å². The number of carbonyl (C=O) groups is 1. The molecule has 0 aromatic heterocycles. The highest BCUT2D eigenvalue weighted by Crippen LogP contribution is 2.23. The molecule has 0 aliphatic carbocycles. The Labute approximate surface area is 109 Å². The van der Waals surface area contributed by atoms with Gasteiger partial charge in [-0.2, -0.15) is 0 Å². The Balaban J connectivity index is 2.23. The molecule has 0 fully saturated rings. The van der Waals surface area contributed by atoms with Crippen molar-refractivity contribution in [1.29, 1.82) is 0 Å². The number of benzene rings is 1. The number of nitrogens with one attached hydrogen (secondary N) is 2. The molecule has 0 spiro atoms. The normalized spacial score (nSPS) is 16.0. The van der Waals surface area contributed by atoms with Crippen molar-refractivity contribution in [1.82, 2.24) is 10.6 Å². The first-order valence-electron chi connectivity index (χ1n) is 6.84. The number of rotatable bonds is 5. The summed E-state index contributed by atoms with van der Waals surface area (Å²) < 4.78 is 0. The lowest BCUT2D eigenvalue weighted by molar-refractivity contribution is 0.0946. The van der Waals surface area contributed by atoms with Crippen molar-refractivity contribution in [3.8, 4) is 0 Å². The van der Waals surface area contributed by atoms with E-state index in [1.807, 2.05) is 7.05 Å². The minimum absolute atomic E-state index is 0.0726. The number of unbranched alkanes of at least 4 members (excludes halogenated alkanes) is 1. The van der Waals surface area contributed by atoms with E-state index in [2.05, 4.69) is 35.8 Å². The summed E-state index contributed by atoms with van der Waals surface area (Å²) in [4.78, 5) is 11.8. The Bertz CT molecular complexity index is 429. The SMILES string of the molecule is CCCCC(NC)c1ccc2c(c1)C(=O)NCC2. The predicted molar refractivity (Wildman–Crippen MR) is 73.8 cm³/mol. The maximum absolute atomic E-state index is 11.8. The van der Waals surface area contributed by atoms with Crippen LogP contribution in [-0.2, 0) is 6.42 Å². The molecule has 0 radical (unpaired) electrons. The molecular weight excluding hydrogens is 224 g/mol. The Morgan fingerprint density at radius 2 is 2.28 bits per heavy atom. The van der Waals surface area contributed by atoms with Crippen LogP contribution in [0.3, 0.4) is 0 Å². The van der Waals surface area contributed by atoms with E-state index in [4.69, 9.17) is 0 Å². The lowest BCUT2D eigenvalue weighted by Gasteiger charge is -2.21. The molecule has 0 saturated heterocycles. The van der Waals surface area contributed by atoms with Crippen molar-refractivity contribution >= 4 is 5.91 Å². The first-order chi connectivity index (χ1) is 8.76. The summed E-state index contributed by atoms with van der Waals surface area (Å²) in [5.74, 6) is 0.0726. The van der Waals surface area contributed by atoms with Gasteiger partial charge in [0.2, 0.25) is 0 Å². The van der Waals surface area contributed by atoms with Gasteiger partial charge in [-0.3, -0.25) is 4.79 Å². The highest BCUT2D eigenvalue weighted by molar-refractivity contribution is 5.96. The fourth-order valence-corrected chi connectivity index (χ4v) is 2.53. The second kappa shape index (κ2) is 6.01. The van der Waals surface area contributed by atoms with Crippen molar-refractivity contribution < 1.29 is 4.79 Å². The van der Waals surface area contributed by atoms with Crippen molar-refractivity contribution in [2.24, 2.45) is 0 Å². The van der Waals surface area contributed by atoms with Crippen molar-refractivity contribution in [3.05, 3.63) is 34.9 Å². The number of carbonyl (C=O) groups excluding carboxylic acids is 1. The van der Waals surface area contributed by atoms with Crippen LogP contribution in [0, 0.1) is 0 Å². The predicted octanol–water partition coefficient (Wildman–Crippen LogP) is 2.42. The maximum atomic E-state index is 11.8. The van der Waals surface area contributed by atoms with E-state index in [1.165, 1.54) is 24.0 Å². The molecule has 1 amide bonds. The number of hydrogen-bond donors (Lipinski definition) is 2. The molecule has 0 saturated carbocycles. The molecule has 1 heterocycles. The van der Waals surface area contributed by atoms with Crippen LogP contribution in [0.2, 0.25) is 0 Å². The van der Waals surface area contributed by atoms with Gasteiger partial charge in [0.1, 0.15) is 0 Å². The van der Waals surface area contributed by atoms with Crippen LogP contribution in [0.4, 0.5) is 0 Å². The molecule has 1 aliphatic heterocycles. The monoisotopic (exact) mass is 246 g/mol. The Hall–Kier alpha value is -1.35. The third kappa shape index (κ3) is 2.72. The summed E-state index contributed by atoms with van der Waals surface area (Å²) in [7, 11) is 1.99. The largest absolute Gasteiger partial charge is 0.352 e. The van der Waals surface area contributed by atoms with Crippen LogP contribution in [0.15, 0.2) is 18.2 Å². The van der Waals surface area contributed by atoms with Crippen LogP contribution in [-0.4, -0.2) is 19.5 Å². The topological polar surface area (TPSA) is 41.1 Å². The molecule has 3 nitrogen and oxygen atoms in total. The molecule has 1 atom stereocenters. The molecule has 1 unspecified atom stereocenters. The van der Waals surface area contributed by atoms with Gasteiger partial charge in [0, 0.05) is 18.2 Å². The van der Waals surface area contributed by atoms with Gasteiger partial charge in [-0.05, 0) is 37.1 Å². The number of fused-ring (bicyclic) bond motifs is 1. The van der Waals surface area contributed by atoms with E-state index in [0.717, 1.165) is 24.9 Å². The van der Waals surface area contributed by atoms with Crippen LogP contribution in [0.1, 0.15) is 53.7 Å². The van der Waals surface area contributed by atoms with E-state index in [0.29, 0.717) is 6.04 Å². The molecule has 98 valence electrons. The Morgan fingerprint density at radius 3 is 3.00 bits per heavy atom. The standard InChI is InChI=1S/C15H22N2O/c1-3-4-5-14(16-2)12-7-6-11-8-9-17-15(18)13(11)10-12/h6-7,10,14,16H,3-5,8-9H2,1-2H3,(H,17,18). The molecular formula is C15H22N2O. The summed E-state index contributed by atoms with van der Waals surface area (Å²) in [6.07, 6.45) is 4.46. The zero-order valence-electron chi connectivity index (χ0n) is 11.3. The third-order valence-electron chi connectivity index (χ3n) is 3.66. The lowest BCUT2D eigenvalue weighted by atomic mass is 9.93. The van der Waals surface area contributed by atoms with Crippen LogP contribution >= 0.6 is 0 Å². The van der Waals surface area contributed by atoms with Gasteiger partial charge in [-0.15, -0.1) is 0 Å². The fourth-order valence-electron chi connectivity index (χ4n) is 2.53. The second-order valence-electron chi connectivity index (χ2n) is 4.91. The van der Waals surface area contributed by atoms with Crippen molar-refractivity contribution in [2.45, 2.75) is 38.6 Å². The van der Waals surface area contributed by atoms with Gasteiger partial charge in [0.15, 0.2) is 0 Å². The Kier molecular flexibility index (Phi) is 4.37.